The molecule has 0 spiro atoms. The van der Waals surface area contributed by atoms with Gasteiger partial charge < -0.3 is 5.32 Å². The molecule has 0 radical (unpaired) electrons. The van der Waals surface area contributed by atoms with E-state index in [2.05, 4.69) is 15.0 Å². The molecule has 0 fully saturated rings. The molecule has 1 atom stereocenters. The Morgan fingerprint density at radius 3 is 2.60 bits per heavy atom. The van der Waals surface area contributed by atoms with E-state index in [0.717, 1.165) is 4.90 Å². The zero-order chi connectivity index (χ0) is 18.0. The first-order chi connectivity index (χ1) is 11.9. The number of carbonyl (C=O) groups is 1. The number of benzene rings is 2. The van der Waals surface area contributed by atoms with E-state index in [1.807, 2.05) is 30.5 Å². The van der Waals surface area contributed by atoms with Gasteiger partial charge in [0.05, 0.1) is 10.6 Å². The van der Waals surface area contributed by atoms with Crippen LogP contribution in [0.2, 0.25) is 0 Å². The molecule has 3 rings (SSSR count). The molecule has 0 aromatic heterocycles. The normalized spacial score (nSPS) is 17.6. The standard InChI is InChI=1S/C17H17N3O3S2/c1-11(17(21)19-13-8-4-5-9-14(13)24-2)18-16-12-7-3-6-10-15(12)25(22,23)20-16/h3-11H,1-2H3,(H,18,20)(H,19,21). The van der Waals surface area contributed by atoms with Gasteiger partial charge in [-0.15, -0.1) is 11.8 Å². The molecule has 2 aromatic carbocycles. The molecule has 0 saturated heterocycles. The van der Waals surface area contributed by atoms with Gasteiger partial charge in [0.25, 0.3) is 10.0 Å². The first-order valence-corrected chi connectivity index (χ1v) is 10.3. The summed E-state index contributed by atoms with van der Waals surface area (Å²) in [6.07, 6.45) is 1.93. The lowest BCUT2D eigenvalue weighted by molar-refractivity contribution is -0.117. The summed E-state index contributed by atoms with van der Waals surface area (Å²) in [5.41, 5.74) is 1.19. The summed E-state index contributed by atoms with van der Waals surface area (Å²) < 4.78 is 26.6. The molecule has 1 unspecified atom stereocenters. The molecule has 130 valence electrons. The van der Waals surface area contributed by atoms with Gasteiger partial charge in [0.15, 0.2) is 0 Å². The molecular formula is C17H17N3O3S2. The summed E-state index contributed by atoms with van der Waals surface area (Å²) in [4.78, 5) is 17.8. The monoisotopic (exact) mass is 375 g/mol. The van der Waals surface area contributed by atoms with Crippen molar-refractivity contribution in [1.29, 1.82) is 0 Å². The average Bonchev–Trinajstić information content (AvgIpc) is 2.86. The highest BCUT2D eigenvalue weighted by Gasteiger charge is 2.31. The van der Waals surface area contributed by atoms with Gasteiger partial charge in [-0.2, -0.15) is 0 Å². The molecule has 8 heteroatoms. The van der Waals surface area contributed by atoms with Gasteiger partial charge in [-0.25, -0.2) is 8.42 Å². The molecule has 0 saturated carbocycles. The molecule has 2 aromatic rings. The minimum absolute atomic E-state index is 0.175. The number of thioether (sulfide) groups is 1. The van der Waals surface area contributed by atoms with E-state index in [1.165, 1.54) is 17.8 Å². The fourth-order valence-corrected chi connectivity index (χ4v) is 4.26. The van der Waals surface area contributed by atoms with Crippen molar-refractivity contribution in [3.05, 3.63) is 54.1 Å². The topological polar surface area (TPSA) is 87.6 Å². The number of carbonyl (C=O) groups excluding carboxylic acids is 1. The molecule has 25 heavy (non-hydrogen) atoms. The zero-order valence-corrected chi connectivity index (χ0v) is 15.3. The van der Waals surface area contributed by atoms with Gasteiger partial charge in [0.1, 0.15) is 11.9 Å². The van der Waals surface area contributed by atoms with Crippen LogP contribution in [-0.2, 0) is 14.8 Å². The third-order valence-electron chi connectivity index (χ3n) is 3.73. The van der Waals surface area contributed by atoms with Crippen molar-refractivity contribution in [2.45, 2.75) is 22.8 Å². The SMILES string of the molecule is CSc1ccccc1NC(=O)C(C)N=C1NS(=O)(=O)c2ccccc21. The highest BCUT2D eigenvalue weighted by molar-refractivity contribution is 7.98. The number of aliphatic imine (C=N–C) groups is 1. The predicted molar refractivity (Wildman–Crippen MR) is 99.6 cm³/mol. The number of hydrogen-bond acceptors (Lipinski definition) is 5. The van der Waals surface area contributed by atoms with Crippen LogP contribution in [0.4, 0.5) is 5.69 Å². The number of sulfonamides is 1. The number of hydrogen-bond donors (Lipinski definition) is 2. The second-order valence-electron chi connectivity index (χ2n) is 5.44. The number of para-hydroxylation sites is 1. The van der Waals surface area contributed by atoms with Gasteiger partial charge in [-0.05, 0) is 37.4 Å². The van der Waals surface area contributed by atoms with Gasteiger partial charge in [0.2, 0.25) is 5.91 Å². The van der Waals surface area contributed by atoms with Crippen LogP contribution in [0.1, 0.15) is 12.5 Å². The summed E-state index contributed by atoms with van der Waals surface area (Å²) >= 11 is 1.53. The summed E-state index contributed by atoms with van der Waals surface area (Å²) in [5.74, 6) is -0.117. The van der Waals surface area contributed by atoms with E-state index >= 15 is 0 Å². The van der Waals surface area contributed by atoms with Crippen LogP contribution in [0.25, 0.3) is 0 Å². The number of rotatable bonds is 4. The molecule has 1 aliphatic heterocycles. The molecule has 1 heterocycles. The van der Waals surface area contributed by atoms with Crippen LogP contribution in [0.15, 0.2) is 63.3 Å². The number of nitrogens with one attached hydrogen (secondary N) is 2. The Hall–Kier alpha value is -2.32. The van der Waals surface area contributed by atoms with Crippen LogP contribution in [0.3, 0.4) is 0 Å². The van der Waals surface area contributed by atoms with Gasteiger partial charge in [0, 0.05) is 10.5 Å². The smallest absolute Gasteiger partial charge is 0.263 e. The first-order valence-electron chi connectivity index (χ1n) is 7.56. The average molecular weight is 375 g/mol. The lowest BCUT2D eigenvalue weighted by atomic mass is 10.2. The van der Waals surface area contributed by atoms with E-state index in [0.29, 0.717) is 11.3 Å². The molecular weight excluding hydrogens is 358 g/mol. The van der Waals surface area contributed by atoms with E-state index in [-0.39, 0.29) is 16.6 Å². The van der Waals surface area contributed by atoms with Crippen molar-refractivity contribution in [2.24, 2.45) is 4.99 Å². The Balaban J connectivity index is 1.84. The number of anilines is 1. The number of amidine groups is 1. The first kappa shape index (κ1) is 17.5. The van der Waals surface area contributed by atoms with Crippen LogP contribution < -0.4 is 10.0 Å². The molecule has 1 amide bonds. The predicted octanol–water partition coefficient (Wildman–Crippen LogP) is 2.47. The van der Waals surface area contributed by atoms with Gasteiger partial charge in [-0.1, -0.05) is 24.3 Å². The molecule has 2 N–H and O–H groups in total. The molecule has 0 aliphatic carbocycles. The Morgan fingerprint density at radius 1 is 1.16 bits per heavy atom. The Bertz CT molecular complexity index is 955. The van der Waals surface area contributed by atoms with E-state index in [4.69, 9.17) is 0 Å². The molecule has 6 nitrogen and oxygen atoms in total. The molecule has 0 bridgehead atoms. The Labute approximate surface area is 150 Å². The van der Waals surface area contributed by atoms with Crippen molar-refractivity contribution in [1.82, 2.24) is 4.72 Å². The minimum atomic E-state index is -3.61. The highest BCUT2D eigenvalue weighted by Crippen LogP contribution is 2.25. The number of nitrogens with zero attached hydrogens (tertiary/aromatic N) is 1. The van der Waals surface area contributed by atoms with E-state index in [9.17, 15) is 13.2 Å². The second kappa shape index (κ2) is 6.89. The van der Waals surface area contributed by atoms with Crippen molar-refractivity contribution < 1.29 is 13.2 Å². The number of fused-ring (bicyclic) bond motifs is 1. The quantitative estimate of drug-likeness (QED) is 0.804. The summed E-state index contributed by atoms with van der Waals surface area (Å²) in [7, 11) is -3.61. The number of amides is 1. The fraction of sp³-hybridized carbons (Fsp3) is 0.176. The lowest BCUT2D eigenvalue weighted by Crippen LogP contribution is -2.29. The summed E-state index contributed by atoms with van der Waals surface area (Å²) in [5, 5.41) is 2.84. The van der Waals surface area contributed by atoms with E-state index in [1.54, 1.807) is 25.1 Å². The van der Waals surface area contributed by atoms with Gasteiger partial charge >= 0.3 is 0 Å². The van der Waals surface area contributed by atoms with Crippen molar-refractivity contribution >= 4 is 39.2 Å². The van der Waals surface area contributed by atoms with Crippen LogP contribution in [-0.4, -0.2) is 32.5 Å². The largest absolute Gasteiger partial charge is 0.323 e. The summed E-state index contributed by atoms with van der Waals surface area (Å²) in [6, 6.07) is 13.3. The maximum absolute atomic E-state index is 12.4. The lowest BCUT2D eigenvalue weighted by Gasteiger charge is -2.12. The van der Waals surface area contributed by atoms with E-state index < -0.39 is 16.1 Å². The Morgan fingerprint density at radius 2 is 1.84 bits per heavy atom. The van der Waals surface area contributed by atoms with Crippen molar-refractivity contribution in [2.75, 3.05) is 11.6 Å². The maximum atomic E-state index is 12.4. The molecule has 1 aliphatic rings. The zero-order valence-electron chi connectivity index (χ0n) is 13.7. The van der Waals surface area contributed by atoms with Crippen molar-refractivity contribution in [3.8, 4) is 0 Å². The summed E-state index contributed by atoms with van der Waals surface area (Å²) in [6.45, 7) is 1.62. The highest BCUT2D eigenvalue weighted by atomic mass is 32.2. The minimum Gasteiger partial charge on any atom is -0.323 e. The van der Waals surface area contributed by atoms with Crippen LogP contribution in [0.5, 0.6) is 0 Å². The van der Waals surface area contributed by atoms with Gasteiger partial charge in [-0.3, -0.25) is 14.5 Å². The van der Waals surface area contributed by atoms with Crippen LogP contribution in [0, 0.1) is 0 Å². The second-order valence-corrected chi connectivity index (χ2v) is 7.94. The third-order valence-corrected chi connectivity index (χ3v) is 5.92. The Kier molecular flexibility index (Phi) is 4.82. The van der Waals surface area contributed by atoms with Crippen LogP contribution >= 0.6 is 11.8 Å². The third kappa shape index (κ3) is 3.54. The maximum Gasteiger partial charge on any atom is 0.263 e. The fourth-order valence-electron chi connectivity index (χ4n) is 2.47. The van der Waals surface area contributed by atoms with Crippen molar-refractivity contribution in [3.63, 3.8) is 0 Å².